The molecule has 4 rings (SSSR count). The van der Waals surface area contributed by atoms with Gasteiger partial charge >= 0.3 is 0 Å². The normalized spacial score (nSPS) is 10.8. The Balaban J connectivity index is 1.45. The predicted molar refractivity (Wildman–Crippen MR) is 95.6 cm³/mol. The van der Waals surface area contributed by atoms with E-state index in [0.29, 0.717) is 34.4 Å². The Morgan fingerprint density at radius 3 is 2.46 bits per heavy atom. The van der Waals surface area contributed by atoms with Gasteiger partial charge in [-0.2, -0.15) is 0 Å². The van der Waals surface area contributed by atoms with E-state index in [-0.39, 0.29) is 0 Å². The van der Waals surface area contributed by atoms with Gasteiger partial charge in [-0.1, -0.05) is 42.1 Å². The Bertz CT molecular complexity index is 1000. The van der Waals surface area contributed by atoms with Crippen LogP contribution in [-0.4, -0.2) is 27.5 Å². The fourth-order valence-electron chi connectivity index (χ4n) is 2.33. The second kappa shape index (κ2) is 7.40. The maximum atomic E-state index is 5.71. The summed E-state index contributed by atoms with van der Waals surface area (Å²) in [5, 5.41) is 16.7. The van der Waals surface area contributed by atoms with Crippen LogP contribution < -0.4 is 4.74 Å². The number of benzene rings is 2. The van der Waals surface area contributed by atoms with E-state index < -0.39 is 0 Å². The van der Waals surface area contributed by atoms with Crippen LogP contribution in [0.1, 0.15) is 5.89 Å². The van der Waals surface area contributed by atoms with Crippen LogP contribution in [0.3, 0.4) is 0 Å². The molecule has 2 heterocycles. The Labute approximate surface area is 153 Å². The summed E-state index contributed by atoms with van der Waals surface area (Å²) in [6.45, 7) is 0. The maximum absolute atomic E-state index is 5.71. The molecule has 7 nitrogen and oxygen atoms in total. The van der Waals surface area contributed by atoms with E-state index in [1.165, 1.54) is 11.8 Å². The zero-order valence-electron chi connectivity index (χ0n) is 13.8. The molecule has 0 aliphatic heterocycles. The van der Waals surface area contributed by atoms with Gasteiger partial charge in [0.1, 0.15) is 5.75 Å². The fraction of sp³-hybridized carbons (Fsp3) is 0.111. The van der Waals surface area contributed by atoms with E-state index in [1.807, 2.05) is 54.6 Å². The lowest BCUT2D eigenvalue weighted by Gasteiger charge is -2.03. The molecule has 2 aromatic carbocycles. The van der Waals surface area contributed by atoms with Crippen LogP contribution in [0.25, 0.3) is 22.9 Å². The zero-order valence-corrected chi connectivity index (χ0v) is 14.6. The van der Waals surface area contributed by atoms with Gasteiger partial charge in [0.25, 0.3) is 11.1 Å². The molecule has 0 saturated heterocycles. The lowest BCUT2D eigenvalue weighted by molar-refractivity contribution is 0.413. The van der Waals surface area contributed by atoms with E-state index in [0.717, 1.165) is 11.1 Å². The topological polar surface area (TPSA) is 87.1 Å². The summed E-state index contributed by atoms with van der Waals surface area (Å²) in [5.74, 6) is 2.47. The standard InChI is InChI=1S/C18H14N4O3S/c1-23-14-10-6-5-9-13(14)17-21-19-15(24-17)11-26-18-22-20-16(25-18)12-7-3-2-4-8-12/h2-10H,11H2,1H3. The first kappa shape index (κ1) is 16.3. The van der Waals surface area contributed by atoms with Crippen LogP contribution in [0.4, 0.5) is 0 Å². The largest absolute Gasteiger partial charge is 0.496 e. The van der Waals surface area contributed by atoms with E-state index in [1.54, 1.807) is 7.11 Å². The number of rotatable bonds is 6. The van der Waals surface area contributed by atoms with Crippen LogP contribution in [0.15, 0.2) is 68.7 Å². The average Bonchev–Trinajstić information content (AvgIpc) is 3.36. The first-order valence-electron chi connectivity index (χ1n) is 7.81. The van der Waals surface area contributed by atoms with Crippen molar-refractivity contribution in [2.75, 3.05) is 7.11 Å². The van der Waals surface area contributed by atoms with Crippen molar-refractivity contribution in [3.05, 3.63) is 60.5 Å². The zero-order chi connectivity index (χ0) is 17.8. The average molecular weight is 366 g/mol. The third-order valence-electron chi connectivity index (χ3n) is 3.55. The van der Waals surface area contributed by atoms with E-state index in [2.05, 4.69) is 20.4 Å². The molecule has 0 spiro atoms. The molecule has 0 amide bonds. The second-order valence-electron chi connectivity index (χ2n) is 5.23. The Morgan fingerprint density at radius 2 is 1.62 bits per heavy atom. The molecule has 26 heavy (non-hydrogen) atoms. The summed E-state index contributed by atoms with van der Waals surface area (Å²) in [4.78, 5) is 0. The van der Waals surface area contributed by atoms with Gasteiger partial charge in [0.15, 0.2) is 0 Å². The molecular formula is C18H14N4O3S. The Kier molecular flexibility index (Phi) is 4.65. The molecule has 4 aromatic rings. The number of nitrogens with zero attached hydrogens (tertiary/aromatic N) is 4. The summed E-state index contributed by atoms with van der Waals surface area (Å²) in [6, 6.07) is 17.1. The van der Waals surface area contributed by atoms with Crippen molar-refractivity contribution in [3.8, 4) is 28.7 Å². The van der Waals surface area contributed by atoms with Gasteiger partial charge in [0.05, 0.1) is 18.4 Å². The molecule has 2 aromatic heterocycles. The highest BCUT2D eigenvalue weighted by Gasteiger charge is 2.15. The van der Waals surface area contributed by atoms with Crippen molar-refractivity contribution in [2.45, 2.75) is 11.0 Å². The van der Waals surface area contributed by atoms with Crippen LogP contribution >= 0.6 is 11.8 Å². The molecule has 8 heteroatoms. The Morgan fingerprint density at radius 1 is 0.846 bits per heavy atom. The van der Waals surface area contributed by atoms with Gasteiger partial charge in [-0.25, -0.2) is 0 Å². The first-order valence-corrected chi connectivity index (χ1v) is 8.79. The molecule has 0 fully saturated rings. The molecule has 0 saturated carbocycles. The van der Waals surface area contributed by atoms with Crippen molar-refractivity contribution in [2.24, 2.45) is 0 Å². The molecule has 0 bridgehead atoms. The third-order valence-corrected chi connectivity index (χ3v) is 4.35. The van der Waals surface area contributed by atoms with E-state index >= 15 is 0 Å². The first-order chi connectivity index (χ1) is 12.8. The predicted octanol–water partition coefficient (Wildman–Crippen LogP) is 4.09. The van der Waals surface area contributed by atoms with Crippen LogP contribution in [0.5, 0.6) is 5.75 Å². The minimum Gasteiger partial charge on any atom is -0.496 e. The smallest absolute Gasteiger partial charge is 0.277 e. The van der Waals surface area contributed by atoms with Crippen LogP contribution in [0, 0.1) is 0 Å². The Hall–Kier alpha value is -3.13. The summed E-state index contributed by atoms with van der Waals surface area (Å²) >= 11 is 1.34. The number of aromatic nitrogens is 4. The number of thioether (sulfide) groups is 1. The molecule has 0 unspecified atom stereocenters. The van der Waals surface area contributed by atoms with Crippen molar-refractivity contribution >= 4 is 11.8 Å². The third kappa shape index (κ3) is 3.45. The second-order valence-corrected chi connectivity index (χ2v) is 6.16. The van der Waals surface area contributed by atoms with Gasteiger partial charge in [0.2, 0.25) is 11.8 Å². The highest BCUT2D eigenvalue weighted by molar-refractivity contribution is 7.98. The van der Waals surface area contributed by atoms with Gasteiger partial charge in [0, 0.05) is 5.56 Å². The van der Waals surface area contributed by atoms with Gasteiger partial charge in [-0.05, 0) is 24.3 Å². The molecule has 0 aliphatic carbocycles. The van der Waals surface area contributed by atoms with Gasteiger partial charge in [-0.3, -0.25) is 0 Å². The minimum atomic E-state index is 0.411. The lowest BCUT2D eigenvalue weighted by atomic mass is 10.2. The molecular weight excluding hydrogens is 352 g/mol. The summed E-state index contributed by atoms with van der Waals surface area (Å²) < 4.78 is 16.7. The molecule has 0 N–H and O–H groups in total. The fourth-order valence-corrected chi connectivity index (χ4v) is 2.93. The highest BCUT2D eigenvalue weighted by Crippen LogP contribution is 2.30. The molecule has 0 radical (unpaired) electrons. The minimum absolute atomic E-state index is 0.411. The van der Waals surface area contributed by atoms with Crippen molar-refractivity contribution < 1.29 is 13.6 Å². The number of hydrogen-bond donors (Lipinski definition) is 0. The molecule has 0 atom stereocenters. The van der Waals surface area contributed by atoms with Gasteiger partial charge in [-0.15, -0.1) is 20.4 Å². The van der Waals surface area contributed by atoms with E-state index in [4.69, 9.17) is 13.6 Å². The van der Waals surface area contributed by atoms with Crippen molar-refractivity contribution in [1.82, 2.24) is 20.4 Å². The highest BCUT2D eigenvalue weighted by atomic mass is 32.2. The number of methoxy groups -OCH3 is 1. The maximum Gasteiger partial charge on any atom is 0.277 e. The number of hydrogen-bond acceptors (Lipinski definition) is 8. The number of ether oxygens (including phenoxy) is 1. The van der Waals surface area contributed by atoms with Gasteiger partial charge < -0.3 is 13.6 Å². The van der Waals surface area contributed by atoms with Crippen LogP contribution in [0.2, 0.25) is 0 Å². The monoisotopic (exact) mass is 366 g/mol. The SMILES string of the molecule is COc1ccccc1-c1nnc(CSc2nnc(-c3ccccc3)o2)o1. The molecule has 0 aliphatic rings. The quantitative estimate of drug-likeness (QED) is 0.472. The summed E-state index contributed by atoms with van der Waals surface area (Å²) in [7, 11) is 1.60. The van der Waals surface area contributed by atoms with E-state index in [9.17, 15) is 0 Å². The summed E-state index contributed by atoms with van der Waals surface area (Å²) in [5.41, 5.74) is 1.63. The summed E-state index contributed by atoms with van der Waals surface area (Å²) in [6.07, 6.45) is 0. The van der Waals surface area contributed by atoms with Crippen molar-refractivity contribution in [3.63, 3.8) is 0 Å². The number of para-hydroxylation sites is 1. The van der Waals surface area contributed by atoms with Crippen LogP contribution in [-0.2, 0) is 5.75 Å². The lowest BCUT2D eigenvalue weighted by Crippen LogP contribution is -1.87. The molecule has 130 valence electrons. The van der Waals surface area contributed by atoms with Crippen molar-refractivity contribution in [1.29, 1.82) is 0 Å².